The van der Waals surface area contributed by atoms with Gasteiger partial charge in [-0.15, -0.1) is 0 Å². The number of fused-ring (bicyclic) bond motifs is 1. The predicted molar refractivity (Wildman–Crippen MR) is 88.9 cm³/mol. The number of carbonyl (C=O) groups is 2. The van der Waals surface area contributed by atoms with Crippen LogP contribution in [0.2, 0.25) is 0 Å². The predicted octanol–water partition coefficient (Wildman–Crippen LogP) is 2.42. The number of amides is 1. The molecular weight excluding hydrogens is 310 g/mol. The number of primary amides is 1. The molecule has 0 aromatic heterocycles. The number of ketones is 1. The molecule has 0 radical (unpaired) electrons. The fourth-order valence-corrected chi connectivity index (χ4v) is 4.17. The van der Waals surface area contributed by atoms with Crippen LogP contribution in [0, 0.1) is 16.0 Å². The smallest absolute Gasteiger partial charge is 0.293 e. The number of rotatable bonds is 4. The Bertz CT molecular complexity index is 703. The number of nitro benzene ring substituents is 1. The van der Waals surface area contributed by atoms with Crippen molar-refractivity contribution in [1.29, 1.82) is 0 Å². The Morgan fingerprint density at radius 1 is 1.29 bits per heavy atom. The molecule has 3 rings (SSSR count). The zero-order valence-electron chi connectivity index (χ0n) is 13.6. The van der Waals surface area contributed by atoms with Gasteiger partial charge in [0.15, 0.2) is 5.78 Å². The van der Waals surface area contributed by atoms with Crippen molar-refractivity contribution in [2.24, 2.45) is 11.7 Å². The van der Waals surface area contributed by atoms with Crippen LogP contribution in [0.1, 0.15) is 49.4 Å². The lowest BCUT2D eigenvalue weighted by atomic mass is 9.84. The highest BCUT2D eigenvalue weighted by atomic mass is 16.6. The van der Waals surface area contributed by atoms with Gasteiger partial charge in [0.2, 0.25) is 5.91 Å². The molecule has 7 nitrogen and oxygen atoms in total. The zero-order chi connectivity index (χ0) is 17.4. The SMILES string of the molecule is CC(=O)c1ccc(N2[C@@H]3CCCC[C@@H]3C[C@H]2C(N)=O)c([N+](=O)[O-])c1. The summed E-state index contributed by atoms with van der Waals surface area (Å²) in [6.45, 7) is 1.37. The summed E-state index contributed by atoms with van der Waals surface area (Å²) in [5, 5.41) is 11.5. The van der Waals surface area contributed by atoms with Crippen molar-refractivity contribution in [2.75, 3.05) is 4.90 Å². The third kappa shape index (κ3) is 2.74. The van der Waals surface area contributed by atoms with Crippen LogP contribution in [0.25, 0.3) is 0 Å². The topological polar surface area (TPSA) is 107 Å². The van der Waals surface area contributed by atoms with E-state index >= 15 is 0 Å². The summed E-state index contributed by atoms with van der Waals surface area (Å²) in [4.78, 5) is 36.4. The first-order valence-corrected chi connectivity index (χ1v) is 8.27. The summed E-state index contributed by atoms with van der Waals surface area (Å²) >= 11 is 0. The van der Waals surface area contributed by atoms with Crippen molar-refractivity contribution < 1.29 is 14.5 Å². The second kappa shape index (κ2) is 6.22. The average Bonchev–Trinajstić information content (AvgIpc) is 2.93. The number of nitrogens with two attached hydrogens (primary N) is 1. The van der Waals surface area contributed by atoms with Gasteiger partial charge in [-0.1, -0.05) is 12.8 Å². The van der Waals surface area contributed by atoms with Crippen molar-refractivity contribution in [3.05, 3.63) is 33.9 Å². The van der Waals surface area contributed by atoms with Gasteiger partial charge in [0, 0.05) is 17.7 Å². The largest absolute Gasteiger partial charge is 0.368 e. The number of hydrogen-bond donors (Lipinski definition) is 1. The number of nitro groups is 1. The minimum Gasteiger partial charge on any atom is -0.368 e. The van der Waals surface area contributed by atoms with Crippen LogP contribution in [0.4, 0.5) is 11.4 Å². The molecule has 1 saturated carbocycles. The molecule has 1 heterocycles. The number of benzene rings is 1. The number of anilines is 1. The Labute approximate surface area is 140 Å². The summed E-state index contributed by atoms with van der Waals surface area (Å²) in [7, 11) is 0. The monoisotopic (exact) mass is 331 g/mol. The Hall–Kier alpha value is -2.44. The fraction of sp³-hybridized carbons (Fsp3) is 0.529. The zero-order valence-corrected chi connectivity index (χ0v) is 13.6. The van der Waals surface area contributed by atoms with Crippen molar-refractivity contribution in [3.8, 4) is 0 Å². The van der Waals surface area contributed by atoms with Crippen molar-refractivity contribution in [1.82, 2.24) is 0 Å². The van der Waals surface area contributed by atoms with E-state index in [9.17, 15) is 19.7 Å². The highest BCUT2D eigenvalue weighted by Crippen LogP contribution is 2.45. The number of carbonyl (C=O) groups excluding carboxylic acids is 2. The quantitative estimate of drug-likeness (QED) is 0.518. The van der Waals surface area contributed by atoms with Crippen LogP contribution in [0.3, 0.4) is 0 Å². The maximum absolute atomic E-state index is 11.9. The van der Waals surface area contributed by atoms with Gasteiger partial charge in [0.25, 0.3) is 5.69 Å². The average molecular weight is 331 g/mol. The molecule has 1 aliphatic carbocycles. The van der Waals surface area contributed by atoms with E-state index in [0.717, 1.165) is 25.7 Å². The molecule has 0 bridgehead atoms. The van der Waals surface area contributed by atoms with E-state index in [2.05, 4.69) is 0 Å². The molecule has 7 heteroatoms. The molecule has 1 saturated heterocycles. The molecule has 2 N–H and O–H groups in total. The molecule has 1 aromatic carbocycles. The van der Waals surface area contributed by atoms with Gasteiger partial charge < -0.3 is 10.6 Å². The van der Waals surface area contributed by atoms with Gasteiger partial charge in [0.1, 0.15) is 11.7 Å². The maximum atomic E-state index is 11.9. The van der Waals surface area contributed by atoms with E-state index in [1.54, 1.807) is 12.1 Å². The van der Waals surface area contributed by atoms with Crippen molar-refractivity contribution >= 4 is 23.1 Å². The summed E-state index contributed by atoms with van der Waals surface area (Å²) in [6.07, 6.45) is 4.73. The lowest BCUT2D eigenvalue weighted by Crippen LogP contribution is -2.45. The lowest BCUT2D eigenvalue weighted by Gasteiger charge is -2.34. The van der Waals surface area contributed by atoms with Crippen LogP contribution < -0.4 is 10.6 Å². The molecule has 1 aliphatic heterocycles. The maximum Gasteiger partial charge on any atom is 0.293 e. The molecular formula is C17H21N3O4. The van der Waals surface area contributed by atoms with E-state index < -0.39 is 16.9 Å². The van der Waals surface area contributed by atoms with E-state index in [0.29, 0.717) is 23.6 Å². The first-order valence-electron chi connectivity index (χ1n) is 8.27. The van der Waals surface area contributed by atoms with Crippen LogP contribution in [0.15, 0.2) is 18.2 Å². The van der Waals surface area contributed by atoms with Crippen LogP contribution in [0.5, 0.6) is 0 Å². The Balaban J connectivity index is 2.09. The van der Waals surface area contributed by atoms with Crippen molar-refractivity contribution in [3.63, 3.8) is 0 Å². The van der Waals surface area contributed by atoms with Gasteiger partial charge >= 0.3 is 0 Å². The van der Waals surface area contributed by atoms with Gasteiger partial charge in [0.05, 0.1) is 4.92 Å². The lowest BCUT2D eigenvalue weighted by molar-refractivity contribution is -0.384. The number of Topliss-reactive ketones (excluding diaryl/α,β-unsaturated/α-hetero) is 1. The minimum atomic E-state index is -0.528. The highest BCUT2D eigenvalue weighted by Gasteiger charge is 2.46. The summed E-state index contributed by atoms with van der Waals surface area (Å²) < 4.78 is 0. The molecule has 0 spiro atoms. The first-order chi connectivity index (χ1) is 11.4. The minimum absolute atomic E-state index is 0.0955. The first kappa shape index (κ1) is 16.4. The second-order valence-electron chi connectivity index (χ2n) is 6.69. The van der Waals surface area contributed by atoms with Gasteiger partial charge in [-0.05, 0) is 44.2 Å². The number of nitrogens with zero attached hydrogens (tertiary/aromatic N) is 2. The van der Waals surface area contributed by atoms with E-state index in [-0.39, 0.29) is 17.5 Å². The van der Waals surface area contributed by atoms with Crippen LogP contribution >= 0.6 is 0 Å². The van der Waals surface area contributed by atoms with Crippen LogP contribution in [-0.4, -0.2) is 28.7 Å². The van der Waals surface area contributed by atoms with Crippen LogP contribution in [-0.2, 0) is 4.79 Å². The molecule has 2 fully saturated rings. The standard InChI is InChI=1S/C17H21N3O4/c1-10(21)11-6-7-14(15(8-11)20(23)24)19-13-5-3-2-4-12(13)9-16(19)17(18)22/h6-8,12-13,16H,2-5,9H2,1H3,(H2,18,22)/t12-,13-,16+/m1/s1. The summed E-state index contributed by atoms with van der Waals surface area (Å²) in [5.41, 5.74) is 6.12. The Morgan fingerprint density at radius 2 is 2.00 bits per heavy atom. The normalized spacial score (nSPS) is 26.0. The second-order valence-corrected chi connectivity index (χ2v) is 6.69. The van der Waals surface area contributed by atoms with Crippen molar-refractivity contribution in [2.45, 2.75) is 51.1 Å². The Morgan fingerprint density at radius 3 is 2.62 bits per heavy atom. The molecule has 1 aromatic rings. The fourth-order valence-electron chi connectivity index (χ4n) is 4.17. The third-order valence-corrected chi connectivity index (χ3v) is 5.27. The molecule has 24 heavy (non-hydrogen) atoms. The molecule has 1 amide bonds. The molecule has 0 unspecified atom stereocenters. The molecule has 2 aliphatic rings. The molecule has 128 valence electrons. The molecule has 3 atom stereocenters. The van der Waals surface area contributed by atoms with E-state index in [4.69, 9.17) is 5.73 Å². The Kier molecular flexibility index (Phi) is 4.26. The van der Waals surface area contributed by atoms with Gasteiger partial charge in [-0.25, -0.2) is 0 Å². The highest BCUT2D eigenvalue weighted by molar-refractivity contribution is 5.96. The van der Waals surface area contributed by atoms with E-state index in [1.807, 2.05) is 4.90 Å². The summed E-state index contributed by atoms with van der Waals surface area (Å²) in [6, 6.07) is 4.03. The van der Waals surface area contributed by atoms with E-state index in [1.165, 1.54) is 13.0 Å². The van der Waals surface area contributed by atoms with Gasteiger partial charge in [-0.2, -0.15) is 0 Å². The number of hydrogen-bond acceptors (Lipinski definition) is 5. The third-order valence-electron chi connectivity index (χ3n) is 5.27. The van der Waals surface area contributed by atoms with Gasteiger partial charge in [-0.3, -0.25) is 19.7 Å². The summed E-state index contributed by atoms with van der Waals surface area (Å²) in [5.74, 6) is -0.342.